The number of hydrogen-bond donors (Lipinski definition) is 2. The van der Waals surface area contributed by atoms with E-state index in [4.69, 9.17) is 5.73 Å². The number of hydrogen-bond acceptors (Lipinski definition) is 4. The molecule has 0 aliphatic carbocycles. The summed E-state index contributed by atoms with van der Waals surface area (Å²) in [7, 11) is -3.49. The summed E-state index contributed by atoms with van der Waals surface area (Å²) in [6.45, 7) is 7.57. The van der Waals surface area contributed by atoms with E-state index in [0.29, 0.717) is 31.4 Å². The van der Waals surface area contributed by atoms with Crippen LogP contribution in [-0.2, 0) is 16.6 Å². The van der Waals surface area contributed by atoms with Crippen molar-refractivity contribution in [1.82, 2.24) is 14.3 Å². The first-order chi connectivity index (χ1) is 8.90. The number of nitrogens with zero attached hydrogens (tertiary/aromatic N) is 2. The summed E-state index contributed by atoms with van der Waals surface area (Å²) in [5, 5.41) is 0.0960. The predicted octanol–water partition coefficient (Wildman–Crippen LogP) is 0.865. The van der Waals surface area contributed by atoms with Gasteiger partial charge in [-0.15, -0.1) is 0 Å². The fourth-order valence-corrected chi connectivity index (χ4v) is 2.86. The Kier molecular flexibility index (Phi) is 5.96. The van der Waals surface area contributed by atoms with Gasteiger partial charge in [-0.2, -0.15) is 0 Å². The van der Waals surface area contributed by atoms with Crippen LogP contribution in [0, 0.1) is 12.8 Å². The van der Waals surface area contributed by atoms with Gasteiger partial charge in [-0.1, -0.05) is 6.92 Å². The maximum Gasteiger partial charge on any atom is 0.259 e. The molecule has 0 aliphatic heterocycles. The molecule has 7 heteroatoms. The van der Waals surface area contributed by atoms with E-state index in [1.54, 1.807) is 13.1 Å². The van der Waals surface area contributed by atoms with Gasteiger partial charge in [0.25, 0.3) is 10.0 Å². The second kappa shape index (κ2) is 7.02. The maximum absolute atomic E-state index is 12.0. The van der Waals surface area contributed by atoms with Gasteiger partial charge in [-0.05, 0) is 39.2 Å². The molecule has 0 bridgehead atoms. The summed E-state index contributed by atoms with van der Waals surface area (Å²) in [6.07, 6.45) is 3.27. The van der Waals surface area contributed by atoms with Crippen LogP contribution in [0.4, 0.5) is 0 Å². The minimum Gasteiger partial charge on any atom is -0.334 e. The molecule has 110 valence electrons. The molecule has 0 aromatic carbocycles. The smallest absolute Gasteiger partial charge is 0.259 e. The highest BCUT2D eigenvalue weighted by Crippen LogP contribution is 2.09. The normalized spacial score (nSPS) is 13.7. The van der Waals surface area contributed by atoms with Crippen LogP contribution >= 0.6 is 0 Å². The lowest BCUT2D eigenvalue weighted by molar-refractivity contribution is 0.513. The van der Waals surface area contributed by atoms with E-state index in [1.165, 1.54) is 0 Å². The third kappa shape index (κ3) is 4.59. The fraction of sp³-hybridized carbons (Fsp3) is 0.750. The number of rotatable bonds is 8. The number of nitrogens with two attached hydrogens (primary N) is 1. The van der Waals surface area contributed by atoms with E-state index in [2.05, 4.69) is 16.6 Å². The van der Waals surface area contributed by atoms with Crippen molar-refractivity contribution in [2.45, 2.75) is 45.2 Å². The standard InChI is InChI=1S/C12H24N4O2S/c1-4-16-9-12(15-11(16)3)19(17,18)14-7-5-6-10(2)8-13/h9-10,14H,4-8,13H2,1-3H3. The Labute approximate surface area is 115 Å². The van der Waals surface area contributed by atoms with Crippen LogP contribution in [0.15, 0.2) is 11.2 Å². The number of imidazole rings is 1. The quantitative estimate of drug-likeness (QED) is 0.694. The lowest BCUT2D eigenvalue weighted by Gasteiger charge is -2.08. The summed E-state index contributed by atoms with van der Waals surface area (Å²) in [5.41, 5.74) is 5.51. The Morgan fingerprint density at radius 3 is 2.74 bits per heavy atom. The van der Waals surface area contributed by atoms with Crippen molar-refractivity contribution in [2.24, 2.45) is 11.7 Å². The zero-order chi connectivity index (χ0) is 14.5. The third-order valence-corrected chi connectivity index (χ3v) is 4.47. The molecule has 1 unspecified atom stereocenters. The Hall–Kier alpha value is -0.920. The average molecular weight is 288 g/mol. The highest BCUT2D eigenvalue weighted by Gasteiger charge is 2.18. The zero-order valence-electron chi connectivity index (χ0n) is 11.9. The molecule has 3 N–H and O–H groups in total. The summed E-state index contributed by atoms with van der Waals surface area (Å²) in [6, 6.07) is 0. The Morgan fingerprint density at radius 2 is 2.21 bits per heavy atom. The first-order valence-electron chi connectivity index (χ1n) is 6.64. The van der Waals surface area contributed by atoms with E-state index in [9.17, 15) is 8.42 Å². The molecular weight excluding hydrogens is 264 g/mol. The third-order valence-electron chi connectivity index (χ3n) is 3.14. The highest BCUT2D eigenvalue weighted by atomic mass is 32.2. The van der Waals surface area contributed by atoms with Gasteiger partial charge in [0.15, 0.2) is 5.03 Å². The minimum atomic E-state index is -3.49. The van der Waals surface area contributed by atoms with Crippen LogP contribution in [0.5, 0.6) is 0 Å². The largest absolute Gasteiger partial charge is 0.334 e. The second-order valence-electron chi connectivity index (χ2n) is 4.79. The lowest BCUT2D eigenvalue weighted by atomic mass is 10.1. The predicted molar refractivity (Wildman–Crippen MR) is 75.3 cm³/mol. The number of aryl methyl sites for hydroxylation is 2. The maximum atomic E-state index is 12.0. The van der Waals surface area contributed by atoms with Crippen molar-refractivity contribution in [2.75, 3.05) is 13.1 Å². The molecule has 0 aliphatic rings. The van der Waals surface area contributed by atoms with E-state index in [1.807, 2.05) is 11.5 Å². The molecule has 0 amide bonds. The van der Waals surface area contributed by atoms with Crippen molar-refractivity contribution < 1.29 is 8.42 Å². The molecule has 0 saturated heterocycles. The Bertz CT molecular complexity index is 496. The lowest BCUT2D eigenvalue weighted by Crippen LogP contribution is -2.25. The van der Waals surface area contributed by atoms with Gasteiger partial charge in [0.1, 0.15) is 5.82 Å². The van der Waals surface area contributed by atoms with Gasteiger partial charge < -0.3 is 10.3 Å². The van der Waals surface area contributed by atoms with Crippen molar-refractivity contribution in [3.05, 3.63) is 12.0 Å². The molecule has 1 aromatic rings. The van der Waals surface area contributed by atoms with Crippen LogP contribution in [0.3, 0.4) is 0 Å². The van der Waals surface area contributed by atoms with Crippen molar-refractivity contribution in [3.63, 3.8) is 0 Å². The fourth-order valence-electron chi connectivity index (χ4n) is 1.78. The number of aromatic nitrogens is 2. The molecule has 19 heavy (non-hydrogen) atoms. The molecule has 6 nitrogen and oxygen atoms in total. The van der Waals surface area contributed by atoms with Crippen LogP contribution in [0.25, 0.3) is 0 Å². The zero-order valence-corrected chi connectivity index (χ0v) is 12.7. The van der Waals surface area contributed by atoms with Crippen molar-refractivity contribution in [1.29, 1.82) is 0 Å². The van der Waals surface area contributed by atoms with E-state index in [0.717, 1.165) is 12.8 Å². The minimum absolute atomic E-state index is 0.0960. The molecule has 1 heterocycles. The summed E-state index contributed by atoms with van der Waals surface area (Å²) >= 11 is 0. The van der Waals surface area contributed by atoms with E-state index < -0.39 is 10.0 Å². The average Bonchev–Trinajstić information content (AvgIpc) is 2.76. The van der Waals surface area contributed by atoms with Crippen LogP contribution in [-0.4, -0.2) is 31.1 Å². The molecule has 1 rings (SSSR count). The molecule has 0 fully saturated rings. The summed E-state index contributed by atoms with van der Waals surface area (Å²) < 4.78 is 28.4. The van der Waals surface area contributed by atoms with Crippen LogP contribution in [0.1, 0.15) is 32.5 Å². The van der Waals surface area contributed by atoms with E-state index in [-0.39, 0.29) is 5.03 Å². The highest BCUT2D eigenvalue weighted by molar-refractivity contribution is 7.89. The summed E-state index contributed by atoms with van der Waals surface area (Å²) in [4.78, 5) is 4.08. The first kappa shape index (κ1) is 16.1. The molecule has 0 spiro atoms. The van der Waals surface area contributed by atoms with Gasteiger partial charge in [0.05, 0.1) is 0 Å². The van der Waals surface area contributed by atoms with Crippen LogP contribution < -0.4 is 10.5 Å². The molecular formula is C12H24N4O2S. The monoisotopic (exact) mass is 288 g/mol. The van der Waals surface area contributed by atoms with E-state index >= 15 is 0 Å². The molecule has 0 radical (unpaired) electrons. The Balaban J connectivity index is 2.56. The van der Waals surface area contributed by atoms with Crippen molar-refractivity contribution >= 4 is 10.0 Å². The van der Waals surface area contributed by atoms with Crippen LogP contribution in [0.2, 0.25) is 0 Å². The molecule has 1 aromatic heterocycles. The summed E-state index contributed by atoms with van der Waals surface area (Å²) in [5.74, 6) is 1.13. The molecule has 0 saturated carbocycles. The van der Waals surface area contributed by atoms with Gasteiger partial charge in [0.2, 0.25) is 0 Å². The molecule has 1 atom stereocenters. The van der Waals surface area contributed by atoms with Gasteiger partial charge in [-0.25, -0.2) is 18.1 Å². The topological polar surface area (TPSA) is 90.0 Å². The number of nitrogens with one attached hydrogen (secondary N) is 1. The first-order valence-corrected chi connectivity index (χ1v) is 8.12. The Morgan fingerprint density at radius 1 is 1.53 bits per heavy atom. The number of sulfonamides is 1. The van der Waals surface area contributed by atoms with Gasteiger partial charge >= 0.3 is 0 Å². The second-order valence-corrected chi connectivity index (χ2v) is 6.51. The SMILES string of the molecule is CCn1cc(S(=O)(=O)NCCCC(C)CN)nc1C. The van der Waals surface area contributed by atoms with Crippen molar-refractivity contribution in [3.8, 4) is 0 Å². The van der Waals surface area contributed by atoms with Gasteiger partial charge in [0, 0.05) is 19.3 Å². The van der Waals surface area contributed by atoms with Gasteiger partial charge in [-0.3, -0.25) is 0 Å².